The Morgan fingerprint density at radius 2 is 1.86 bits per heavy atom. The van der Waals surface area contributed by atoms with Gasteiger partial charge in [-0.3, -0.25) is 20.2 Å². The van der Waals surface area contributed by atoms with Crippen LogP contribution in [0.15, 0.2) is 18.2 Å². The lowest BCUT2D eigenvalue weighted by atomic mass is 10.2. The third kappa shape index (κ3) is 4.20. The lowest BCUT2D eigenvalue weighted by molar-refractivity contribution is -0.394. The predicted octanol–water partition coefficient (Wildman–Crippen LogP) is 1.16. The van der Waals surface area contributed by atoms with Crippen LogP contribution >= 0.6 is 0 Å². The van der Waals surface area contributed by atoms with E-state index >= 15 is 0 Å². The molecule has 1 rings (SSSR count). The van der Waals surface area contributed by atoms with Crippen molar-refractivity contribution in [3.8, 4) is 0 Å². The van der Waals surface area contributed by atoms with Crippen molar-refractivity contribution in [1.29, 1.82) is 0 Å². The van der Waals surface area contributed by atoms with Gasteiger partial charge in [0.05, 0.1) is 26.9 Å². The van der Waals surface area contributed by atoms with E-state index < -0.39 is 42.1 Å². The van der Waals surface area contributed by atoms with Crippen LogP contribution in [0, 0.1) is 20.2 Å². The Morgan fingerprint density at radius 3 is 2.33 bits per heavy atom. The number of nitro benzene ring substituents is 2. The molecule has 0 amide bonds. The first-order valence-electron chi connectivity index (χ1n) is 6.02. The quantitative estimate of drug-likeness (QED) is 0.586. The summed E-state index contributed by atoms with van der Waals surface area (Å²) in [5.41, 5.74) is 4.19. The Morgan fingerprint density at radius 1 is 1.24 bits per heavy atom. The maximum atomic E-state index is 12.1. The predicted molar refractivity (Wildman–Crippen MR) is 75.5 cm³/mol. The molecular formula is C11H15N3O6S. The first-order chi connectivity index (χ1) is 9.69. The number of nitro groups is 2. The summed E-state index contributed by atoms with van der Waals surface area (Å²) in [5, 5.41) is 20.8. The third-order valence-corrected chi connectivity index (χ3v) is 5.19. The first-order valence-corrected chi connectivity index (χ1v) is 7.74. The highest BCUT2D eigenvalue weighted by Gasteiger charge is 2.26. The minimum atomic E-state index is -3.62. The van der Waals surface area contributed by atoms with Crippen molar-refractivity contribution in [3.63, 3.8) is 0 Å². The van der Waals surface area contributed by atoms with Crippen LogP contribution < -0.4 is 5.73 Å². The molecule has 0 bridgehead atoms. The van der Waals surface area contributed by atoms with Gasteiger partial charge in [0.25, 0.3) is 11.4 Å². The molecule has 0 aliphatic carbocycles. The van der Waals surface area contributed by atoms with Crippen molar-refractivity contribution in [2.45, 2.75) is 24.3 Å². The normalized spacial score (nSPS) is 12.9. The smallest absolute Gasteiger partial charge is 0.280 e. The molecule has 1 aromatic carbocycles. The van der Waals surface area contributed by atoms with E-state index in [0.29, 0.717) is 0 Å². The molecule has 116 valence electrons. The average Bonchev–Trinajstić information content (AvgIpc) is 2.38. The van der Waals surface area contributed by atoms with Gasteiger partial charge >= 0.3 is 0 Å². The van der Waals surface area contributed by atoms with Gasteiger partial charge in [-0.05, 0) is 26.0 Å². The summed E-state index contributed by atoms with van der Waals surface area (Å²) in [6, 6.07) is 2.91. The van der Waals surface area contributed by atoms with Crippen molar-refractivity contribution < 1.29 is 18.3 Å². The number of nitrogens with two attached hydrogens (primary N) is 1. The molecular weight excluding hydrogens is 302 g/mol. The van der Waals surface area contributed by atoms with Crippen molar-refractivity contribution in [2.75, 3.05) is 6.54 Å². The van der Waals surface area contributed by atoms with Gasteiger partial charge in [0, 0.05) is 11.6 Å². The van der Waals surface area contributed by atoms with Gasteiger partial charge in [0.15, 0.2) is 9.84 Å². The van der Waals surface area contributed by atoms with Gasteiger partial charge in [-0.15, -0.1) is 0 Å². The summed E-state index contributed by atoms with van der Waals surface area (Å²) in [6.45, 7) is 1.65. The second-order valence-electron chi connectivity index (χ2n) is 4.52. The zero-order valence-electron chi connectivity index (χ0n) is 11.3. The second kappa shape index (κ2) is 6.59. The van der Waals surface area contributed by atoms with Crippen LogP contribution in [0.4, 0.5) is 11.4 Å². The maximum Gasteiger partial charge on any atom is 0.280 e. The van der Waals surface area contributed by atoms with Crippen molar-refractivity contribution >= 4 is 21.2 Å². The summed E-state index contributed by atoms with van der Waals surface area (Å²) in [5.74, 6) is -0.553. The molecule has 0 aliphatic rings. The monoisotopic (exact) mass is 317 g/mol. The molecule has 0 aliphatic heterocycles. The Bertz CT molecular complexity index is 658. The van der Waals surface area contributed by atoms with E-state index in [-0.39, 0.29) is 18.5 Å². The molecule has 9 nitrogen and oxygen atoms in total. The summed E-state index contributed by atoms with van der Waals surface area (Å²) < 4.78 is 24.1. The molecule has 0 aromatic heterocycles. The van der Waals surface area contributed by atoms with Crippen LogP contribution in [0.2, 0.25) is 0 Å². The topological polar surface area (TPSA) is 146 Å². The van der Waals surface area contributed by atoms with E-state index in [0.717, 1.165) is 18.2 Å². The van der Waals surface area contributed by atoms with Gasteiger partial charge in [-0.25, -0.2) is 8.42 Å². The van der Waals surface area contributed by atoms with Gasteiger partial charge in [0.1, 0.15) is 0 Å². The molecule has 1 unspecified atom stereocenters. The van der Waals surface area contributed by atoms with Crippen molar-refractivity contribution in [3.05, 3.63) is 44.0 Å². The molecule has 0 radical (unpaired) electrons. The first kappa shape index (κ1) is 17.0. The van der Waals surface area contributed by atoms with Crippen LogP contribution in [0.5, 0.6) is 0 Å². The summed E-state index contributed by atoms with van der Waals surface area (Å²) in [7, 11) is -3.62. The van der Waals surface area contributed by atoms with Gasteiger partial charge in [-0.1, -0.05) is 0 Å². The van der Waals surface area contributed by atoms with E-state index in [1.165, 1.54) is 6.92 Å². The Balaban J connectivity index is 3.19. The molecule has 2 N–H and O–H groups in total. The van der Waals surface area contributed by atoms with Crippen molar-refractivity contribution in [2.24, 2.45) is 5.73 Å². The average molecular weight is 317 g/mol. The fraction of sp³-hybridized carbons (Fsp3) is 0.455. The maximum absolute atomic E-state index is 12.1. The summed E-state index contributed by atoms with van der Waals surface area (Å²) in [4.78, 5) is 20.0. The minimum absolute atomic E-state index is 0.0746. The van der Waals surface area contributed by atoms with Crippen LogP contribution in [0.25, 0.3) is 0 Å². The highest BCUT2D eigenvalue weighted by Crippen LogP contribution is 2.27. The highest BCUT2D eigenvalue weighted by molar-refractivity contribution is 7.91. The third-order valence-electron chi connectivity index (χ3n) is 3.02. The van der Waals surface area contributed by atoms with E-state index in [1.807, 2.05) is 0 Å². The van der Waals surface area contributed by atoms with Crippen molar-refractivity contribution in [1.82, 2.24) is 0 Å². The van der Waals surface area contributed by atoms with Crippen LogP contribution in [0.1, 0.15) is 18.9 Å². The van der Waals surface area contributed by atoms with Gasteiger partial charge in [-0.2, -0.15) is 0 Å². The lowest BCUT2D eigenvalue weighted by Crippen LogP contribution is -2.23. The van der Waals surface area contributed by atoms with Crippen LogP contribution in [-0.2, 0) is 15.6 Å². The standard InChI is InChI=1S/C11H15N3O6S/c1-8(4-5-12)21(19,20)7-9-2-3-10(13(15)16)6-11(9)14(17)18/h2-3,6,8H,4-5,7,12H2,1H3. The summed E-state index contributed by atoms with van der Waals surface area (Å²) >= 11 is 0. The molecule has 0 spiro atoms. The number of benzene rings is 1. The Hall–Kier alpha value is -2.07. The molecule has 0 saturated heterocycles. The largest absolute Gasteiger partial charge is 0.330 e. The molecule has 1 atom stereocenters. The van der Waals surface area contributed by atoms with Gasteiger partial charge in [0.2, 0.25) is 0 Å². The molecule has 21 heavy (non-hydrogen) atoms. The van der Waals surface area contributed by atoms with E-state index in [2.05, 4.69) is 0 Å². The van der Waals surface area contributed by atoms with Crippen LogP contribution in [0.3, 0.4) is 0 Å². The highest BCUT2D eigenvalue weighted by atomic mass is 32.2. The zero-order valence-corrected chi connectivity index (χ0v) is 12.1. The zero-order chi connectivity index (χ0) is 16.2. The molecule has 0 saturated carbocycles. The molecule has 0 heterocycles. The van der Waals surface area contributed by atoms with Gasteiger partial charge < -0.3 is 5.73 Å². The number of nitrogens with zero attached hydrogens (tertiary/aromatic N) is 2. The number of hydrogen-bond acceptors (Lipinski definition) is 7. The summed E-state index contributed by atoms with van der Waals surface area (Å²) in [6.07, 6.45) is 0.239. The molecule has 10 heteroatoms. The molecule has 0 fully saturated rings. The Labute approximate surface area is 121 Å². The minimum Gasteiger partial charge on any atom is -0.330 e. The fourth-order valence-corrected chi connectivity index (χ4v) is 3.19. The number of rotatable bonds is 7. The lowest BCUT2D eigenvalue weighted by Gasteiger charge is -2.11. The number of sulfone groups is 1. The molecule has 1 aromatic rings. The van der Waals surface area contributed by atoms with E-state index in [4.69, 9.17) is 5.73 Å². The SMILES string of the molecule is CC(CCN)S(=O)(=O)Cc1ccc([N+](=O)[O-])cc1[N+](=O)[O-]. The number of non-ortho nitro benzene ring substituents is 1. The fourth-order valence-electron chi connectivity index (χ4n) is 1.73. The van der Waals surface area contributed by atoms with E-state index in [9.17, 15) is 28.6 Å². The Kier molecular flexibility index (Phi) is 5.33. The second-order valence-corrected chi connectivity index (χ2v) is 6.94. The van der Waals surface area contributed by atoms with E-state index in [1.54, 1.807) is 0 Å². The van der Waals surface area contributed by atoms with Crippen LogP contribution in [-0.4, -0.2) is 30.1 Å². The number of hydrogen-bond donors (Lipinski definition) is 1.